The van der Waals surface area contributed by atoms with Crippen LogP contribution in [0.25, 0.3) is 0 Å². The minimum absolute atomic E-state index is 0.0532. The summed E-state index contributed by atoms with van der Waals surface area (Å²) in [5.41, 5.74) is 4.20. The van der Waals surface area contributed by atoms with Gasteiger partial charge >= 0.3 is 6.18 Å². The Bertz CT molecular complexity index is 814. The third-order valence-electron chi connectivity index (χ3n) is 3.19. The summed E-state index contributed by atoms with van der Waals surface area (Å²) >= 11 is 1.15. The first-order valence-corrected chi connectivity index (χ1v) is 7.87. The van der Waals surface area contributed by atoms with E-state index in [1.54, 1.807) is 30.3 Å². The molecule has 2 N–H and O–H groups in total. The monoisotopic (exact) mass is 366 g/mol. The van der Waals surface area contributed by atoms with Crippen LogP contribution < -0.4 is 10.5 Å². The molecule has 0 aliphatic carbocycles. The van der Waals surface area contributed by atoms with Crippen molar-refractivity contribution in [2.75, 3.05) is 0 Å². The molecule has 0 spiro atoms. The summed E-state index contributed by atoms with van der Waals surface area (Å²) in [5.74, 6) is -0.162. The van der Waals surface area contributed by atoms with Gasteiger partial charge in [0, 0.05) is 9.79 Å². The molecule has 0 saturated carbocycles. The zero-order chi connectivity index (χ0) is 18.6. The number of benzene rings is 2. The lowest BCUT2D eigenvalue weighted by molar-refractivity contribution is -0.137. The molecule has 2 rings (SSSR count). The molecule has 25 heavy (non-hydrogen) atoms. The highest BCUT2D eigenvalue weighted by molar-refractivity contribution is 7.99. The first-order chi connectivity index (χ1) is 11.7. The number of carbonyl (C=O) groups excluding carboxylic acids is 1. The molecule has 1 atom stereocenters. The summed E-state index contributed by atoms with van der Waals surface area (Å²) in [5, 5.41) is 9.09. The first-order valence-electron chi connectivity index (χ1n) is 7.06. The van der Waals surface area contributed by atoms with E-state index in [2.05, 4.69) is 0 Å². The van der Waals surface area contributed by atoms with Crippen molar-refractivity contribution in [3.63, 3.8) is 0 Å². The van der Waals surface area contributed by atoms with Gasteiger partial charge in [-0.1, -0.05) is 11.8 Å². The van der Waals surface area contributed by atoms with Crippen molar-refractivity contribution in [3.05, 3.63) is 53.6 Å². The van der Waals surface area contributed by atoms with E-state index < -0.39 is 23.8 Å². The van der Waals surface area contributed by atoms with Gasteiger partial charge in [0.25, 0.3) is 5.91 Å². The van der Waals surface area contributed by atoms with Crippen molar-refractivity contribution in [3.8, 4) is 11.8 Å². The van der Waals surface area contributed by atoms with E-state index in [4.69, 9.17) is 15.7 Å². The first kappa shape index (κ1) is 18.7. The van der Waals surface area contributed by atoms with Gasteiger partial charge in [0.15, 0.2) is 6.10 Å². The van der Waals surface area contributed by atoms with Gasteiger partial charge in [-0.15, -0.1) is 0 Å². The highest BCUT2D eigenvalue weighted by Crippen LogP contribution is 2.36. The van der Waals surface area contributed by atoms with Crippen LogP contribution in [0.2, 0.25) is 0 Å². The summed E-state index contributed by atoms with van der Waals surface area (Å²) in [7, 11) is 0. The van der Waals surface area contributed by atoms with Gasteiger partial charge in [0.2, 0.25) is 0 Å². The predicted molar refractivity (Wildman–Crippen MR) is 86.0 cm³/mol. The number of nitriles is 1. The van der Waals surface area contributed by atoms with Crippen LogP contribution in [0.4, 0.5) is 13.2 Å². The number of amides is 1. The topological polar surface area (TPSA) is 76.1 Å². The van der Waals surface area contributed by atoms with E-state index in [0.717, 1.165) is 23.9 Å². The maximum Gasteiger partial charge on any atom is 0.416 e. The van der Waals surface area contributed by atoms with E-state index in [9.17, 15) is 18.0 Å². The second-order valence-electron chi connectivity index (χ2n) is 5.06. The lowest BCUT2D eigenvalue weighted by atomic mass is 10.1. The second kappa shape index (κ2) is 7.49. The molecule has 1 unspecified atom stereocenters. The average Bonchev–Trinajstić information content (AvgIpc) is 2.55. The maximum absolute atomic E-state index is 12.7. The van der Waals surface area contributed by atoms with Crippen LogP contribution in [0, 0.1) is 11.3 Å². The van der Waals surface area contributed by atoms with Crippen molar-refractivity contribution < 1.29 is 22.7 Å². The zero-order valence-electron chi connectivity index (χ0n) is 13.0. The highest BCUT2D eigenvalue weighted by Gasteiger charge is 2.31. The molecule has 0 aliphatic rings. The molecule has 4 nitrogen and oxygen atoms in total. The van der Waals surface area contributed by atoms with Crippen LogP contribution in [-0.2, 0) is 11.0 Å². The number of primary amides is 1. The summed E-state index contributed by atoms with van der Waals surface area (Å²) in [6.45, 7) is 1.52. The maximum atomic E-state index is 12.7. The number of nitrogens with zero attached hydrogens (tertiary/aromatic N) is 1. The number of nitrogens with two attached hydrogens (primary N) is 1. The summed E-state index contributed by atoms with van der Waals surface area (Å²) in [6, 6.07) is 11.4. The minimum atomic E-state index is -4.50. The Morgan fingerprint density at radius 3 is 2.40 bits per heavy atom. The van der Waals surface area contributed by atoms with Gasteiger partial charge in [-0.3, -0.25) is 4.79 Å². The normalized spacial score (nSPS) is 12.3. The Morgan fingerprint density at radius 1 is 1.24 bits per heavy atom. The van der Waals surface area contributed by atoms with E-state index in [1.165, 1.54) is 13.0 Å². The van der Waals surface area contributed by atoms with Gasteiger partial charge in [-0.25, -0.2) is 0 Å². The van der Waals surface area contributed by atoms with Crippen LogP contribution in [-0.4, -0.2) is 12.0 Å². The van der Waals surface area contributed by atoms with E-state index in [0.29, 0.717) is 15.5 Å². The number of hydrogen-bond donors (Lipinski definition) is 1. The molecule has 2 aromatic rings. The van der Waals surface area contributed by atoms with E-state index in [1.807, 2.05) is 0 Å². The number of ether oxygens (including phenoxy) is 1. The van der Waals surface area contributed by atoms with Crippen LogP contribution in [0.3, 0.4) is 0 Å². The van der Waals surface area contributed by atoms with Crippen molar-refractivity contribution in [1.82, 2.24) is 0 Å². The van der Waals surface area contributed by atoms with Gasteiger partial charge in [-0.05, 0) is 49.4 Å². The molecule has 8 heteroatoms. The number of rotatable bonds is 5. The summed E-state index contributed by atoms with van der Waals surface area (Å²) < 4.78 is 43.4. The Hall–Kier alpha value is -2.66. The Balaban J connectivity index is 2.17. The van der Waals surface area contributed by atoms with Crippen molar-refractivity contribution in [1.29, 1.82) is 5.26 Å². The molecule has 2 aromatic carbocycles. The van der Waals surface area contributed by atoms with Crippen molar-refractivity contribution in [2.45, 2.75) is 29.0 Å². The third kappa shape index (κ3) is 4.90. The fourth-order valence-electron chi connectivity index (χ4n) is 1.86. The Morgan fingerprint density at radius 2 is 1.88 bits per heavy atom. The summed E-state index contributed by atoms with van der Waals surface area (Å²) in [4.78, 5) is 12.1. The largest absolute Gasteiger partial charge is 0.481 e. The molecule has 1 amide bonds. The minimum Gasteiger partial charge on any atom is -0.481 e. The van der Waals surface area contributed by atoms with Gasteiger partial charge in [0.05, 0.1) is 11.1 Å². The lowest BCUT2D eigenvalue weighted by Crippen LogP contribution is -2.30. The molecular formula is C17H13F3N2O2S. The van der Waals surface area contributed by atoms with Crippen LogP contribution >= 0.6 is 11.8 Å². The lowest BCUT2D eigenvalue weighted by Gasteiger charge is -2.12. The molecule has 0 heterocycles. The number of halogens is 3. The Labute approximate surface area is 146 Å². The zero-order valence-corrected chi connectivity index (χ0v) is 13.8. The summed E-state index contributed by atoms with van der Waals surface area (Å²) in [6.07, 6.45) is -5.27. The predicted octanol–water partition coefficient (Wildman–Crippen LogP) is 3.98. The molecular weight excluding hydrogens is 353 g/mol. The standard InChI is InChI=1S/C17H13F3N2O2S/c1-10(16(22)23)24-13-3-5-14(6-4-13)25-15-7-2-12(17(18,19)20)8-11(15)9-21/h2-8,10H,1H3,(H2,22,23). The fourth-order valence-corrected chi connectivity index (χ4v) is 2.73. The molecule has 0 saturated heterocycles. The smallest absolute Gasteiger partial charge is 0.416 e. The fraction of sp³-hybridized carbons (Fsp3) is 0.176. The van der Waals surface area contributed by atoms with E-state index in [-0.39, 0.29) is 5.56 Å². The molecule has 130 valence electrons. The van der Waals surface area contributed by atoms with Gasteiger partial charge in [-0.2, -0.15) is 18.4 Å². The van der Waals surface area contributed by atoms with Crippen LogP contribution in [0.15, 0.2) is 52.3 Å². The van der Waals surface area contributed by atoms with Gasteiger partial charge < -0.3 is 10.5 Å². The van der Waals surface area contributed by atoms with E-state index >= 15 is 0 Å². The van der Waals surface area contributed by atoms with Crippen LogP contribution in [0.1, 0.15) is 18.1 Å². The number of carbonyl (C=O) groups is 1. The molecule has 0 bridgehead atoms. The highest BCUT2D eigenvalue weighted by atomic mass is 32.2. The molecule has 0 aromatic heterocycles. The third-order valence-corrected chi connectivity index (χ3v) is 4.28. The number of hydrogen-bond acceptors (Lipinski definition) is 4. The van der Waals surface area contributed by atoms with Gasteiger partial charge in [0.1, 0.15) is 11.8 Å². The van der Waals surface area contributed by atoms with Crippen LogP contribution in [0.5, 0.6) is 5.75 Å². The molecule has 0 radical (unpaired) electrons. The quantitative estimate of drug-likeness (QED) is 0.868. The average molecular weight is 366 g/mol. The SMILES string of the molecule is CC(Oc1ccc(Sc2ccc(C(F)(F)F)cc2C#N)cc1)C(N)=O. The Kier molecular flexibility index (Phi) is 5.59. The van der Waals surface area contributed by atoms with Crippen molar-refractivity contribution in [2.24, 2.45) is 5.73 Å². The second-order valence-corrected chi connectivity index (χ2v) is 6.17. The van der Waals surface area contributed by atoms with Crippen molar-refractivity contribution >= 4 is 17.7 Å². The molecule has 0 fully saturated rings. The number of alkyl halides is 3. The molecule has 0 aliphatic heterocycles.